The Hall–Kier alpha value is -1.69. The Morgan fingerprint density at radius 1 is 1.27 bits per heavy atom. The summed E-state index contributed by atoms with van der Waals surface area (Å²) in [5, 5.41) is 9.08. The summed E-state index contributed by atoms with van der Waals surface area (Å²) >= 11 is 0. The van der Waals surface area contributed by atoms with Crippen molar-refractivity contribution in [1.82, 2.24) is 4.90 Å². The number of aryl methyl sites for hydroxylation is 1. The van der Waals surface area contributed by atoms with Crippen LogP contribution in [0.2, 0.25) is 0 Å². The zero-order valence-electron chi connectivity index (χ0n) is 12.4. The Balaban J connectivity index is 1.76. The summed E-state index contributed by atoms with van der Waals surface area (Å²) in [7, 11) is 0. The van der Waals surface area contributed by atoms with Gasteiger partial charge >= 0.3 is 6.61 Å². The number of aliphatic hydroxyl groups is 1. The predicted molar refractivity (Wildman–Crippen MR) is 77.8 cm³/mol. The van der Waals surface area contributed by atoms with Gasteiger partial charge in [-0.25, -0.2) is 0 Å². The first-order valence-corrected chi connectivity index (χ1v) is 7.51. The number of nitrogens with zero attached hydrogens (tertiary/aromatic N) is 1. The lowest BCUT2D eigenvalue weighted by Gasteiger charge is -2.31. The van der Waals surface area contributed by atoms with Crippen LogP contribution in [0.3, 0.4) is 0 Å². The molecule has 0 unspecified atom stereocenters. The number of likely N-dealkylation sites (tertiary alicyclic amines) is 1. The summed E-state index contributed by atoms with van der Waals surface area (Å²) < 4.78 is 28.4. The van der Waals surface area contributed by atoms with Crippen LogP contribution in [-0.4, -0.2) is 42.2 Å². The molecule has 0 aliphatic carbocycles. The van der Waals surface area contributed by atoms with Crippen LogP contribution in [0.5, 0.6) is 5.75 Å². The molecule has 1 aromatic rings. The van der Waals surface area contributed by atoms with Gasteiger partial charge in [0.2, 0.25) is 5.91 Å². The number of hydrogen-bond donors (Lipinski definition) is 1. The van der Waals surface area contributed by atoms with Gasteiger partial charge in [-0.2, -0.15) is 8.78 Å². The minimum atomic E-state index is -2.82. The van der Waals surface area contributed by atoms with Crippen LogP contribution < -0.4 is 4.74 Å². The Kier molecular flexibility index (Phi) is 6.12. The number of amides is 1. The van der Waals surface area contributed by atoms with Crippen molar-refractivity contribution in [1.29, 1.82) is 0 Å². The van der Waals surface area contributed by atoms with E-state index >= 15 is 0 Å². The fourth-order valence-corrected chi connectivity index (χ4v) is 2.61. The third-order valence-electron chi connectivity index (χ3n) is 4.00. The van der Waals surface area contributed by atoms with E-state index in [0.717, 1.165) is 18.4 Å². The van der Waals surface area contributed by atoms with Crippen molar-refractivity contribution in [2.75, 3.05) is 19.7 Å². The number of carbonyl (C=O) groups is 1. The molecule has 4 nitrogen and oxygen atoms in total. The molecule has 0 saturated carbocycles. The first-order chi connectivity index (χ1) is 10.6. The average molecular weight is 313 g/mol. The molecular weight excluding hydrogens is 292 g/mol. The van der Waals surface area contributed by atoms with E-state index in [1.807, 2.05) is 4.90 Å². The molecule has 0 bridgehead atoms. The van der Waals surface area contributed by atoms with E-state index in [9.17, 15) is 13.6 Å². The average Bonchev–Trinajstić information content (AvgIpc) is 2.53. The highest BCUT2D eigenvalue weighted by Gasteiger charge is 2.21. The molecule has 1 aliphatic heterocycles. The van der Waals surface area contributed by atoms with Gasteiger partial charge in [0, 0.05) is 26.1 Å². The monoisotopic (exact) mass is 313 g/mol. The number of aliphatic hydroxyl groups excluding tert-OH is 1. The first-order valence-electron chi connectivity index (χ1n) is 7.51. The third-order valence-corrected chi connectivity index (χ3v) is 4.00. The lowest BCUT2D eigenvalue weighted by atomic mass is 9.97. The highest BCUT2D eigenvalue weighted by molar-refractivity contribution is 5.76. The summed E-state index contributed by atoms with van der Waals surface area (Å²) in [5.74, 6) is 0.534. The molecular formula is C16H21F2NO3. The maximum absolute atomic E-state index is 12.1. The van der Waals surface area contributed by atoms with Gasteiger partial charge in [-0.05, 0) is 42.9 Å². The summed E-state index contributed by atoms with van der Waals surface area (Å²) in [5.41, 5.74) is 0.917. The number of hydrogen-bond acceptors (Lipinski definition) is 3. The number of halogens is 2. The molecule has 1 fully saturated rings. The standard InChI is InChI=1S/C16H21F2NO3/c17-16(18)22-14-4-1-12(2-5-14)3-6-15(21)19-9-7-13(11-20)8-10-19/h1-2,4-5,13,16,20H,3,6-11H2. The quantitative estimate of drug-likeness (QED) is 0.877. The van der Waals surface area contributed by atoms with Crippen LogP contribution in [0, 0.1) is 5.92 Å². The van der Waals surface area contributed by atoms with E-state index in [1.165, 1.54) is 12.1 Å². The van der Waals surface area contributed by atoms with Gasteiger partial charge in [0.05, 0.1) is 0 Å². The maximum Gasteiger partial charge on any atom is 0.387 e. The van der Waals surface area contributed by atoms with Crippen molar-refractivity contribution in [2.45, 2.75) is 32.3 Å². The van der Waals surface area contributed by atoms with Crippen molar-refractivity contribution in [3.8, 4) is 5.75 Å². The minimum Gasteiger partial charge on any atom is -0.435 e. The molecule has 0 radical (unpaired) electrons. The van der Waals surface area contributed by atoms with Crippen LogP contribution in [0.15, 0.2) is 24.3 Å². The highest BCUT2D eigenvalue weighted by Crippen LogP contribution is 2.19. The summed E-state index contributed by atoms with van der Waals surface area (Å²) in [6.45, 7) is -1.24. The fraction of sp³-hybridized carbons (Fsp3) is 0.562. The smallest absolute Gasteiger partial charge is 0.387 e. The van der Waals surface area contributed by atoms with Gasteiger partial charge in [-0.1, -0.05) is 12.1 Å². The lowest BCUT2D eigenvalue weighted by Crippen LogP contribution is -2.39. The van der Waals surface area contributed by atoms with E-state index < -0.39 is 6.61 Å². The second-order valence-corrected chi connectivity index (χ2v) is 5.53. The van der Waals surface area contributed by atoms with Gasteiger partial charge in [-0.15, -0.1) is 0 Å². The van der Waals surface area contributed by atoms with Crippen LogP contribution in [0.4, 0.5) is 8.78 Å². The van der Waals surface area contributed by atoms with Crippen molar-refractivity contribution in [2.24, 2.45) is 5.92 Å². The largest absolute Gasteiger partial charge is 0.435 e. The second kappa shape index (κ2) is 8.08. The molecule has 1 aliphatic rings. The van der Waals surface area contributed by atoms with Gasteiger partial charge < -0.3 is 14.7 Å². The van der Waals surface area contributed by atoms with Crippen molar-refractivity contribution >= 4 is 5.91 Å². The molecule has 1 N–H and O–H groups in total. The molecule has 22 heavy (non-hydrogen) atoms. The molecule has 0 aromatic heterocycles. The van der Waals surface area contributed by atoms with E-state index in [2.05, 4.69) is 4.74 Å². The maximum atomic E-state index is 12.1. The number of alkyl halides is 2. The summed E-state index contributed by atoms with van der Waals surface area (Å²) in [4.78, 5) is 14.0. The molecule has 0 spiro atoms. The summed E-state index contributed by atoms with van der Waals surface area (Å²) in [6.07, 6.45) is 2.68. The van der Waals surface area contributed by atoms with E-state index in [4.69, 9.17) is 5.11 Å². The number of rotatable bonds is 6. The van der Waals surface area contributed by atoms with Crippen LogP contribution >= 0.6 is 0 Å². The fourth-order valence-electron chi connectivity index (χ4n) is 2.61. The number of carbonyl (C=O) groups excluding carboxylic acids is 1. The first kappa shape index (κ1) is 16.7. The molecule has 1 saturated heterocycles. The SMILES string of the molecule is O=C(CCc1ccc(OC(F)F)cc1)N1CCC(CO)CC1. The molecule has 122 valence electrons. The normalized spacial score (nSPS) is 16.1. The van der Waals surface area contributed by atoms with Gasteiger partial charge in [0.25, 0.3) is 0 Å². The number of ether oxygens (including phenoxy) is 1. The number of piperidine rings is 1. The minimum absolute atomic E-state index is 0.101. The zero-order chi connectivity index (χ0) is 15.9. The Morgan fingerprint density at radius 2 is 1.91 bits per heavy atom. The third kappa shape index (κ3) is 4.94. The summed E-state index contributed by atoms with van der Waals surface area (Å²) in [6, 6.07) is 6.36. The molecule has 6 heteroatoms. The van der Waals surface area contributed by atoms with Crippen LogP contribution in [-0.2, 0) is 11.2 Å². The van der Waals surface area contributed by atoms with Crippen LogP contribution in [0.1, 0.15) is 24.8 Å². The Bertz CT molecular complexity index is 471. The van der Waals surface area contributed by atoms with Crippen molar-refractivity contribution in [3.05, 3.63) is 29.8 Å². The second-order valence-electron chi connectivity index (χ2n) is 5.53. The topological polar surface area (TPSA) is 49.8 Å². The highest BCUT2D eigenvalue weighted by atomic mass is 19.3. The van der Waals surface area contributed by atoms with Crippen molar-refractivity contribution in [3.63, 3.8) is 0 Å². The number of benzene rings is 1. The van der Waals surface area contributed by atoms with Gasteiger partial charge in [-0.3, -0.25) is 4.79 Å². The Labute approximate surface area is 128 Å². The van der Waals surface area contributed by atoms with E-state index in [0.29, 0.717) is 31.8 Å². The molecule has 1 amide bonds. The van der Waals surface area contributed by atoms with Gasteiger partial charge in [0.1, 0.15) is 5.75 Å². The van der Waals surface area contributed by atoms with Crippen molar-refractivity contribution < 1.29 is 23.4 Å². The van der Waals surface area contributed by atoms with Gasteiger partial charge in [0.15, 0.2) is 0 Å². The van der Waals surface area contributed by atoms with Crippen LogP contribution in [0.25, 0.3) is 0 Å². The Morgan fingerprint density at radius 3 is 2.45 bits per heavy atom. The van der Waals surface area contributed by atoms with E-state index in [-0.39, 0.29) is 18.3 Å². The predicted octanol–water partition coefficient (Wildman–Crippen LogP) is 2.45. The molecule has 0 atom stereocenters. The molecule has 1 heterocycles. The lowest BCUT2D eigenvalue weighted by molar-refractivity contribution is -0.132. The van der Waals surface area contributed by atoms with E-state index in [1.54, 1.807) is 12.1 Å². The molecule has 1 aromatic carbocycles. The molecule has 2 rings (SSSR count). The zero-order valence-corrected chi connectivity index (χ0v) is 12.4.